The van der Waals surface area contributed by atoms with E-state index in [9.17, 15) is 0 Å². The summed E-state index contributed by atoms with van der Waals surface area (Å²) in [4.78, 5) is 0. The van der Waals surface area contributed by atoms with Gasteiger partial charge in [-0.05, 0) is 0 Å². The van der Waals surface area contributed by atoms with E-state index < -0.39 is 10.4 Å². The van der Waals surface area contributed by atoms with E-state index in [4.69, 9.17) is 17.5 Å². The fourth-order valence-corrected chi connectivity index (χ4v) is 0. The van der Waals surface area contributed by atoms with Crippen molar-refractivity contribution in [3.05, 3.63) is 0 Å². The van der Waals surface area contributed by atoms with E-state index in [1.54, 1.807) is 0 Å². The maximum atomic E-state index is 8.74. The van der Waals surface area contributed by atoms with Crippen LogP contribution in [0.25, 0.3) is 0 Å². The molecule has 0 fully saturated rings. The Bertz CT molecular complexity index is 100. The Morgan fingerprint density at radius 3 is 1.25 bits per heavy atom. The smallest absolute Gasteiger partial charge is 1.00 e. The van der Waals surface area contributed by atoms with Gasteiger partial charge in [0.05, 0.1) is 0 Å². The SMILES string of the molecule is O.O=S(=O)(O)O.[AlH3].[H-].[K+]. The summed E-state index contributed by atoms with van der Waals surface area (Å²) in [6.07, 6.45) is 0. The summed E-state index contributed by atoms with van der Waals surface area (Å²) in [6.45, 7) is 0. The quantitative estimate of drug-likeness (QED) is 0.290. The molecule has 0 aliphatic carbocycles. The number of hydrogen-bond acceptors (Lipinski definition) is 2. The van der Waals surface area contributed by atoms with Gasteiger partial charge in [0.15, 0.2) is 17.4 Å². The third-order valence-corrected chi connectivity index (χ3v) is 0. The van der Waals surface area contributed by atoms with Gasteiger partial charge >= 0.3 is 61.8 Å². The Morgan fingerprint density at radius 1 is 1.25 bits per heavy atom. The van der Waals surface area contributed by atoms with Gasteiger partial charge in [-0.3, -0.25) is 9.11 Å². The van der Waals surface area contributed by atoms with Crippen LogP contribution in [-0.4, -0.2) is 40.4 Å². The van der Waals surface area contributed by atoms with Crippen molar-refractivity contribution in [1.82, 2.24) is 0 Å². The van der Waals surface area contributed by atoms with Gasteiger partial charge in [-0.25, -0.2) is 0 Å². The Hall–Kier alpha value is 2.00. The van der Waals surface area contributed by atoms with Gasteiger partial charge in [0, 0.05) is 0 Å². The maximum absolute atomic E-state index is 8.74. The minimum atomic E-state index is -4.67. The molecule has 0 aliphatic heterocycles. The first kappa shape index (κ1) is 22.5. The summed E-state index contributed by atoms with van der Waals surface area (Å²) >= 11 is 0. The van der Waals surface area contributed by atoms with Crippen LogP contribution in [0.4, 0.5) is 0 Å². The molecular weight excluding hydrogens is 178 g/mol. The first-order valence-electron chi connectivity index (χ1n) is 0.698. The molecule has 0 spiro atoms. The molecule has 0 saturated heterocycles. The van der Waals surface area contributed by atoms with Crippen LogP contribution >= 0.6 is 0 Å². The largest absolute Gasteiger partial charge is 1.00 e. The molecule has 0 atom stereocenters. The molecule has 0 aromatic rings. The number of hydrogen-bond donors (Lipinski definition) is 2. The second kappa shape index (κ2) is 9.00. The summed E-state index contributed by atoms with van der Waals surface area (Å²) < 4.78 is 31.6. The Kier molecular flexibility index (Phi) is 25.3. The molecule has 0 unspecified atom stereocenters. The van der Waals surface area contributed by atoms with Crippen LogP contribution in [0.2, 0.25) is 0 Å². The van der Waals surface area contributed by atoms with Crippen molar-refractivity contribution in [3.63, 3.8) is 0 Å². The summed E-state index contributed by atoms with van der Waals surface area (Å²) in [5.74, 6) is 0. The average Bonchev–Trinajstić information content (AvgIpc) is 0.722. The van der Waals surface area contributed by atoms with Crippen molar-refractivity contribution in [3.8, 4) is 0 Å². The van der Waals surface area contributed by atoms with Crippen molar-refractivity contribution >= 4 is 27.8 Å². The topological polar surface area (TPSA) is 106 Å². The van der Waals surface area contributed by atoms with E-state index in [2.05, 4.69) is 0 Å². The average molecular weight is 186 g/mol. The minimum absolute atomic E-state index is 0. The molecule has 8 heavy (non-hydrogen) atoms. The van der Waals surface area contributed by atoms with Gasteiger partial charge in [-0.1, -0.05) is 0 Å². The molecule has 4 N–H and O–H groups in total. The molecule has 0 amide bonds. The Morgan fingerprint density at radius 2 is 1.25 bits per heavy atom. The van der Waals surface area contributed by atoms with E-state index in [1.165, 1.54) is 0 Å². The molecule has 0 radical (unpaired) electrons. The molecule has 0 aromatic heterocycles. The van der Waals surface area contributed by atoms with Crippen LogP contribution in [0.5, 0.6) is 0 Å². The van der Waals surface area contributed by atoms with Gasteiger partial charge in [-0.15, -0.1) is 0 Å². The normalized spacial score (nSPS) is 7.25. The van der Waals surface area contributed by atoms with Crippen molar-refractivity contribution in [1.29, 1.82) is 0 Å². The zero-order valence-electron chi connectivity index (χ0n) is 4.62. The summed E-state index contributed by atoms with van der Waals surface area (Å²) in [5.41, 5.74) is 0. The summed E-state index contributed by atoms with van der Waals surface area (Å²) in [7, 11) is -4.67. The third kappa shape index (κ3) is 98.1. The Labute approximate surface area is 102 Å². The first-order chi connectivity index (χ1) is 2.00. The van der Waals surface area contributed by atoms with Crippen LogP contribution in [0.3, 0.4) is 0 Å². The summed E-state index contributed by atoms with van der Waals surface area (Å²) in [5, 5.41) is 0. The predicted octanol–water partition coefficient (Wildman–Crippen LogP) is -5.54. The van der Waals surface area contributed by atoms with Crippen LogP contribution in [-0.2, 0) is 10.4 Å². The second-order valence-corrected chi connectivity index (χ2v) is 1.34. The van der Waals surface area contributed by atoms with E-state index >= 15 is 0 Å². The fraction of sp³-hybridized carbons (Fsp3) is 0. The van der Waals surface area contributed by atoms with Crippen molar-refractivity contribution in [2.24, 2.45) is 0 Å². The molecule has 0 saturated carbocycles. The first-order valence-corrected chi connectivity index (χ1v) is 2.10. The van der Waals surface area contributed by atoms with Gasteiger partial charge < -0.3 is 6.90 Å². The van der Waals surface area contributed by atoms with E-state index in [1.807, 2.05) is 0 Å². The molecular formula is H8AlKO5S. The van der Waals surface area contributed by atoms with Crippen molar-refractivity contribution < 1.29 is 75.8 Å². The zero-order valence-corrected chi connectivity index (χ0v) is 7.56. The van der Waals surface area contributed by atoms with Crippen molar-refractivity contribution in [2.45, 2.75) is 0 Å². The van der Waals surface area contributed by atoms with Crippen molar-refractivity contribution in [2.75, 3.05) is 0 Å². The molecule has 8 heteroatoms. The molecule has 0 heterocycles. The van der Waals surface area contributed by atoms with Crippen LogP contribution in [0.15, 0.2) is 0 Å². The molecule has 0 aliphatic rings. The van der Waals surface area contributed by atoms with Gasteiger partial charge in [-0.2, -0.15) is 8.42 Å². The monoisotopic (exact) mass is 186 g/mol. The zero-order chi connectivity index (χ0) is 4.50. The molecule has 0 bridgehead atoms. The predicted molar refractivity (Wildman–Crippen MR) is 28.8 cm³/mol. The third-order valence-electron chi connectivity index (χ3n) is 0. The summed E-state index contributed by atoms with van der Waals surface area (Å²) in [6, 6.07) is 0. The molecule has 0 rings (SSSR count). The maximum Gasteiger partial charge on any atom is 1.00 e. The van der Waals surface area contributed by atoms with Gasteiger partial charge in [0.2, 0.25) is 0 Å². The molecule has 0 aromatic carbocycles. The van der Waals surface area contributed by atoms with Crippen LogP contribution in [0.1, 0.15) is 1.43 Å². The standard InChI is InChI=1S/Al.K.H2O4S.H2O.4H/c;;1-5(2,3)4;;;;;/h;;(H2,1,2,3,4);1H2;;;;/q;+1;;;;;;-1. The molecule has 48 valence electrons. The van der Waals surface area contributed by atoms with Crippen LogP contribution in [0, 0.1) is 0 Å². The van der Waals surface area contributed by atoms with Gasteiger partial charge in [0.1, 0.15) is 0 Å². The van der Waals surface area contributed by atoms with Gasteiger partial charge in [0.25, 0.3) is 0 Å². The minimum Gasteiger partial charge on any atom is -1.00 e. The number of rotatable bonds is 0. The van der Waals surface area contributed by atoms with E-state index in [-0.39, 0.29) is 75.6 Å². The second-order valence-electron chi connectivity index (χ2n) is 0.448. The van der Waals surface area contributed by atoms with E-state index in [0.29, 0.717) is 0 Å². The fourth-order valence-electron chi connectivity index (χ4n) is 0. The molecule has 5 nitrogen and oxygen atoms in total. The van der Waals surface area contributed by atoms with E-state index in [0.717, 1.165) is 0 Å². The Balaban J connectivity index is -0.0000000133. The van der Waals surface area contributed by atoms with Crippen LogP contribution < -0.4 is 51.4 Å².